The molecular weight excluding hydrogens is 178 g/mol. The van der Waals surface area contributed by atoms with Crippen molar-refractivity contribution in [3.8, 4) is 5.69 Å². The summed E-state index contributed by atoms with van der Waals surface area (Å²) in [6.07, 6.45) is 5.39. The van der Waals surface area contributed by atoms with E-state index >= 15 is 0 Å². The Balaban J connectivity index is 2.31. The Kier molecular flexibility index (Phi) is 2.58. The van der Waals surface area contributed by atoms with Crippen molar-refractivity contribution in [2.45, 2.75) is 6.61 Å². The minimum atomic E-state index is 0.419. The molecule has 4 heteroatoms. The summed E-state index contributed by atoms with van der Waals surface area (Å²) in [5.41, 5.74) is 2.09. The first-order chi connectivity index (χ1) is 6.90. The zero-order chi connectivity index (χ0) is 9.80. The van der Waals surface area contributed by atoms with Gasteiger partial charge in [-0.15, -0.1) is 0 Å². The zero-order valence-electron chi connectivity index (χ0n) is 7.63. The van der Waals surface area contributed by atoms with Crippen LogP contribution >= 0.6 is 0 Å². The number of benzene rings is 1. The summed E-state index contributed by atoms with van der Waals surface area (Å²) in [4.78, 5) is 8.56. The third kappa shape index (κ3) is 1.81. The highest BCUT2D eigenvalue weighted by Crippen LogP contribution is 2.10. The molecule has 2 N–H and O–H groups in total. The largest absolute Gasteiger partial charge is 0.306 e. The van der Waals surface area contributed by atoms with E-state index in [1.165, 1.54) is 0 Å². The van der Waals surface area contributed by atoms with Crippen molar-refractivity contribution in [1.82, 2.24) is 9.55 Å². The number of imidazole rings is 1. The maximum Gasteiger partial charge on any atom is 0.0991 e. The van der Waals surface area contributed by atoms with Gasteiger partial charge in [0.15, 0.2) is 0 Å². The van der Waals surface area contributed by atoms with Crippen molar-refractivity contribution in [2.75, 3.05) is 0 Å². The van der Waals surface area contributed by atoms with E-state index in [4.69, 9.17) is 5.90 Å². The lowest BCUT2D eigenvalue weighted by Gasteiger charge is -2.04. The molecule has 1 aromatic carbocycles. The predicted octanol–water partition coefficient (Wildman–Crippen LogP) is 1.26. The minimum Gasteiger partial charge on any atom is -0.306 e. The molecule has 0 radical (unpaired) electrons. The van der Waals surface area contributed by atoms with Crippen molar-refractivity contribution in [3.63, 3.8) is 0 Å². The van der Waals surface area contributed by atoms with E-state index < -0.39 is 0 Å². The second-order valence-electron chi connectivity index (χ2n) is 2.95. The molecule has 72 valence electrons. The van der Waals surface area contributed by atoms with Crippen molar-refractivity contribution in [2.24, 2.45) is 5.90 Å². The molecule has 0 aliphatic rings. The van der Waals surface area contributed by atoms with Gasteiger partial charge in [0.1, 0.15) is 0 Å². The van der Waals surface area contributed by atoms with Gasteiger partial charge in [-0.3, -0.25) is 4.84 Å². The summed E-state index contributed by atoms with van der Waals surface area (Å²) in [6.45, 7) is 0.419. The number of aromatic nitrogens is 2. The predicted molar refractivity (Wildman–Crippen MR) is 52.5 cm³/mol. The van der Waals surface area contributed by atoms with Crippen LogP contribution in [0, 0.1) is 0 Å². The molecule has 0 aliphatic heterocycles. The molecule has 0 saturated heterocycles. The van der Waals surface area contributed by atoms with Crippen LogP contribution < -0.4 is 5.90 Å². The molecule has 0 atom stereocenters. The number of hydrogen-bond acceptors (Lipinski definition) is 3. The van der Waals surface area contributed by atoms with E-state index in [0.29, 0.717) is 6.61 Å². The second-order valence-corrected chi connectivity index (χ2v) is 2.95. The van der Waals surface area contributed by atoms with Gasteiger partial charge in [0.05, 0.1) is 12.9 Å². The van der Waals surface area contributed by atoms with Crippen molar-refractivity contribution in [1.29, 1.82) is 0 Å². The molecule has 1 aromatic heterocycles. The summed E-state index contributed by atoms with van der Waals surface area (Å²) in [7, 11) is 0. The van der Waals surface area contributed by atoms with Crippen LogP contribution in [0.3, 0.4) is 0 Å². The van der Waals surface area contributed by atoms with Crippen LogP contribution in [0.2, 0.25) is 0 Å². The second kappa shape index (κ2) is 4.04. The highest BCUT2D eigenvalue weighted by molar-refractivity contribution is 5.35. The summed E-state index contributed by atoms with van der Waals surface area (Å²) >= 11 is 0. The van der Waals surface area contributed by atoms with Crippen LogP contribution in [0.15, 0.2) is 43.0 Å². The monoisotopic (exact) mass is 189 g/mol. The van der Waals surface area contributed by atoms with Crippen LogP contribution in [-0.2, 0) is 11.4 Å². The molecule has 1 heterocycles. The Morgan fingerprint density at radius 1 is 1.43 bits per heavy atom. The van der Waals surface area contributed by atoms with E-state index in [0.717, 1.165) is 11.3 Å². The first-order valence-corrected chi connectivity index (χ1v) is 4.29. The molecule has 0 saturated carbocycles. The number of hydrogen-bond donors (Lipinski definition) is 1. The molecule has 4 nitrogen and oxygen atoms in total. The summed E-state index contributed by atoms with van der Waals surface area (Å²) in [5, 5.41) is 0. The first kappa shape index (κ1) is 8.93. The molecule has 0 unspecified atom stereocenters. The molecule has 0 bridgehead atoms. The van der Waals surface area contributed by atoms with E-state index in [-0.39, 0.29) is 0 Å². The van der Waals surface area contributed by atoms with Crippen molar-refractivity contribution in [3.05, 3.63) is 48.5 Å². The van der Waals surface area contributed by atoms with Gasteiger partial charge in [-0.25, -0.2) is 10.9 Å². The van der Waals surface area contributed by atoms with Gasteiger partial charge in [-0.2, -0.15) is 0 Å². The van der Waals surface area contributed by atoms with E-state index in [2.05, 4.69) is 9.82 Å². The van der Waals surface area contributed by atoms with Crippen molar-refractivity contribution >= 4 is 0 Å². The van der Waals surface area contributed by atoms with Gasteiger partial charge >= 0.3 is 0 Å². The van der Waals surface area contributed by atoms with Gasteiger partial charge in [0.25, 0.3) is 0 Å². The van der Waals surface area contributed by atoms with Gasteiger partial charge in [0, 0.05) is 18.1 Å². The van der Waals surface area contributed by atoms with Gasteiger partial charge < -0.3 is 4.57 Å². The number of rotatable bonds is 3. The zero-order valence-corrected chi connectivity index (χ0v) is 7.63. The van der Waals surface area contributed by atoms with E-state index in [1.807, 2.05) is 35.0 Å². The average molecular weight is 189 g/mol. The van der Waals surface area contributed by atoms with E-state index in [1.54, 1.807) is 12.5 Å². The standard InChI is InChI=1S/C10H11N3O/c11-14-7-9-2-1-3-10(6-9)13-5-4-12-8-13/h1-6,8H,7,11H2. The van der Waals surface area contributed by atoms with Gasteiger partial charge in [0.2, 0.25) is 0 Å². The molecule has 0 spiro atoms. The van der Waals surface area contributed by atoms with Crippen LogP contribution in [-0.4, -0.2) is 9.55 Å². The number of nitrogens with zero attached hydrogens (tertiary/aromatic N) is 2. The summed E-state index contributed by atoms with van der Waals surface area (Å²) in [6, 6.07) is 7.94. The Hall–Kier alpha value is -1.65. The molecule has 2 aromatic rings. The van der Waals surface area contributed by atoms with Crippen LogP contribution in [0.25, 0.3) is 5.69 Å². The lowest BCUT2D eigenvalue weighted by molar-refractivity contribution is 0.124. The first-order valence-electron chi connectivity index (χ1n) is 4.29. The fourth-order valence-corrected chi connectivity index (χ4v) is 1.31. The van der Waals surface area contributed by atoms with Gasteiger partial charge in [-0.1, -0.05) is 12.1 Å². The molecular formula is C10H11N3O. The van der Waals surface area contributed by atoms with Crippen LogP contribution in [0.5, 0.6) is 0 Å². The summed E-state index contributed by atoms with van der Waals surface area (Å²) < 4.78 is 1.93. The SMILES string of the molecule is NOCc1cccc(-n2ccnc2)c1. The Morgan fingerprint density at radius 3 is 3.07 bits per heavy atom. The fraction of sp³-hybridized carbons (Fsp3) is 0.100. The normalized spacial score (nSPS) is 10.4. The third-order valence-corrected chi connectivity index (χ3v) is 1.96. The van der Waals surface area contributed by atoms with Crippen LogP contribution in [0.1, 0.15) is 5.56 Å². The molecule has 14 heavy (non-hydrogen) atoms. The maximum atomic E-state index is 5.01. The molecule has 0 fully saturated rings. The third-order valence-electron chi connectivity index (χ3n) is 1.96. The average Bonchev–Trinajstić information content (AvgIpc) is 2.71. The lowest BCUT2D eigenvalue weighted by Crippen LogP contribution is -1.99. The van der Waals surface area contributed by atoms with Crippen molar-refractivity contribution < 1.29 is 4.84 Å². The maximum absolute atomic E-state index is 5.01. The van der Waals surface area contributed by atoms with Gasteiger partial charge in [-0.05, 0) is 17.7 Å². The highest BCUT2D eigenvalue weighted by atomic mass is 16.6. The number of nitrogens with two attached hydrogens (primary N) is 1. The van der Waals surface area contributed by atoms with E-state index in [9.17, 15) is 0 Å². The smallest absolute Gasteiger partial charge is 0.0991 e. The summed E-state index contributed by atoms with van der Waals surface area (Å²) in [5.74, 6) is 5.01. The molecule has 0 amide bonds. The topological polar surface area (TPSA) is 53.1 Å². The molecule has 2 rings (SSSR count). The Labute approximate surface area is 81.9 Å². The quantitative estimate of drug-likeness (QED) is 0.739. The Bertz CT molecular complexity index is 398. The highest BCUT2D eigenvalue weighted by Gasteiger charge is 1.97. The molecule has 0 aliphatic carbocycles. The fourth-order valence-electron chi connectivity index (χ4n) is 1.31. The Morgan fingerprint density at radius 2 is 2.36 bits per heavy atom. The lowest BCUT2D eigenvalue weighted by atomic mass is 10.2. The minimum absolute atomic E-state index is 0.419. The van der Waals surface area contributed by atoms with Crippen LogP contribution in [0.4, 0.5) is 0 Å².